The molecule has 0 aliphatic rings. The van der Waals surface area contributed by atoms with E-state index in [0.717, 1.165) is 11.6 Å². The summed E-state index contributed by atoms with van der Waals surface area (Å²) < 4.78 is 40.5. The lowest BCUT2D eigenvalue weighted by molar-refractivity contribution is 0.594. The van der Waals surface area contributed by atoms with Gasteiger partial charge >= 0.3 is 0 Å². The maximum atomic E-state index is 13.7. The molecule has 0 aliphatic heterocycles. The smallest absolute Gasteiger partial charge is 0.262 e. The number of sulfonamides is 1. The quantitative estimate of drug-likeness (QED) is 0.902. The number of aryl methyl sites for hydroxylation is 1. The maximum Gasteiger partial charge on any atom is 0.262 e. The summed E-state index contributed by atoms with van der Waals surface area (Å²) in [6, 6.07) is 3.71. The summed E-state index contributed by atoms with van der Waals surface area (Å²) in [5.41, 5.74) is 6.73. The monoisotopic (exact) mass is 329 g/mol. The Morgan fingerprint density at radius 2 is 2.05 bits per heavy atom. The van der Waals surface area contributed by atoms with Crippen LogP contribution in [0.5, 0.6) is 0 Å². The van der Waals surface area contributed by atoms with Crippen LogP contribution in [0.15, 0.2) is 35.5 Å². The van der Waals surface area contributed by atoms with Gasteiger partial charge in [-0.2, -0.15) is 0 Å². The van der Waals surface area contributed by atoms with Crippen LogP contribution in [-0.4, -0.2) is 13.4 Å². The molecule has 0 radical (unpaired) electrons. The van der Waals surface area contributed by atoms with Gasteiger partial charge in [0.1, 0.15) is 5.82 Å². The Hall–Kier alpha value is -1.70. The molecule has 0 saturated heterocycles. The third-order valence-corrected chi connectivity index (χ3v) is 4.52. The van der Waals surface area contributed by atoms with E-state index < -0.39 is 15.8 Å². The number of rotatable bonds is 4. The lowest BCUT2D eigenvalue weighted by Crippen LogP contribution is -2.14. The second-order valence-electron chi connectivity index (χ2n) is 4.44. The Bertz CT molecular complexity index is 781. The standard InChI is InChI=1S/C13H13ClFN3O2S/c1-8-2-10(7-17-6-8)18-21(19,20)11-3-9(5-16)13(14)12(15)4-11/h2-4,6-7,18H,5,16H2,1H3. The molecule has 0 unspecified atom stereocenters. The van der Waals surface area contributed by atoms with Crippen molar-refractivity contribution in [2.45, 2.75) is 18.4 Å². The zero-order valence-corrected chi connectivity index (χ0v) is 12.7. The molecule has 112 valence electrons. The van der Waals surface area contributed by atoms with Crippen molar-refractivity contribution >= 4 is 27.3 Å². The second kappa shape index (κ2) is 5.97. The Kier molecular flexibility index (Phi) is 4.46. The van der Waals surface area contributed by atoms with Gasteiger partial charge in [-0.3, -0.25) is 9.71 Å². The van der Waals surface area contributed by atoms with E-state index in [-0.39, 0.29) is 22.0 Å². The largest absolute Gasteiger partial charge is 0.326 e. The Balaban J connectivity index is 2.42. The maximum absolute atomic E-state index is 13.7. The van der Waals surface area contributed by atoms with Crippen LogP contribution >= 0.6 is 11.6 Å². The number of pyridine rings is 1. The fraction of sp³-hybridized carbons (Fsp3) is 0.154. The van der Waals surface area contributed by atoms with Crippen molar-refractivity contribution < 1.29 is 12.8 Å². The van der Waals surface area contributed by atoms with E-state index in [1.165, 1.54) is 12.3 Å². The van der Waals surface area contributed by atoms with Gasteiger partial charge < -0.3 is 5.73 Å². The zero-order chi connectivity index (χ0) is 15.6. The minimum Gasteiger partial charge on any atom is -0.326 e. The highest BCUT2D eigenvalue weighted by molar-refractivity contribution is 7.92. The van der Waals surface area contributed by atoms with Crippen LogP contribution in [-0.2, 0) is 16.6 Å². The molecule has 5 nitrogen and oxygen atoms in total. The molecule has 0 spiro atoms. The molecule has 0 atom stereocenters. The number of hydrogen-bond acceptors (Lipinski definition) is 4. The number of halogens is 2. The average Bonchev–Trinajstić information content (AvgIpc) is 2.41. The summed E-state index contributed by atoms with van der Waals surface area (Å²) >= 11 is 5.72. The summed E-state index contributed by atoms with van der Waals surface area (Å²) in [5.74, 6) is -0.831. The summed E-state index contributed by atoms with van der Waals surface area (Å²) in [7, 11) is -3.95. The average molecular weight is 330 g/mol. The molecule has 1 aromatic heterocycles. The molecule has 0 bridgehead atoms. The van der Waals surface area contributed by atoms with Crippen molar-refractivity contribution in [2.24, 2.45) is 5.73 Å². The van der Waals surface area contributed by atoms with Crippen LogP contribution in [0.2, 0.25) is 5.02 Å². The van der Waals surface area contributed by atoms with Gasteiger partial charge in [0.15, 0.2) is 0 Å². The first-order valence-corrected chi connectivity index (χ1v) is 7.82. The number of nitrogens with one attached hydrogen (secondary N) is 1. The lowest BCUT2D eigenvalue weighted by atomic mass is 10.2. The fourth-order valence-corrected chi connectivity index (χ4v) is 3.03. The molecule has 2 aromatic rings. The third kappa shape index (κ3) is 3.49. The highest BCUT2D eigenvalue weighted by atomic mass is 35.5. The van der Waals surface area contributed by atoms with E-state index in [4.69, 9.17) is 17.3 Å². The van der Waals surface area contributed by atoms with Crippen molar-refractivity contribution in [3.63, 3.8) is 0 Å². The van der Waals surface area contributed by atoms with E-state index >= 15 is 0 Å². The first kappa shape index (κ1) is 15.7. The first-order valence-electron chi connectivity index (χ1n) is 5.96. The molecule has 1 aromatic carbocycles. The topological polar surface area (TPSA) is 85.1 Å². The van der Waals surface area contributed by atoms with Crippen molar-refractivity contribution in [3.05, 3.63) is 52.6 Å². The molecule has 0 aliphatic carbocycles. The third-order valence-electron chi connectivity index (χ3n) is 2.73. The second-order valence-corrected chi connectivity index (χ2v) is 6.50. The van der Waals surface area contributed by atoms with Crippen molar-refractivity contribution in [1.82, 2.24) is 4.98 Å². The SMILES string of the molecule is Cc1cncc(NS(=O)(=O)c2cc(F)c(Cl)c(CN)c2)c1. The number of anilines is 1. The van der Waals surface area contributed by atoms with Crippen molar-refractivity contribution in [3.8, 4) is 0 Å². The molecular weight excluding hydrogens is 317 g/mol. The van der Waals surface area contributed by atoms with Crippen LogP contribution < -0.4 is 10.5 Å². The molecule has 21 heavy (non-hydrogen) atoms. The summed E-state index contributed by atoms with van der Waals surface area (Å²) in [5, 5.41) is -0.173. The molecule has 1 heterocycles. The van der Waals surface area contributed by atoms with E-state index in [9.17, 15) is 12.8 Å². The van der Waals surface area contributed by atoms with Crippen molar-refractivity contribution in [1.29, 1.82) is 0 Å². The number of nitrogens with two attached hydrogens (primary N) is 1. The molecule has 0 amide bonds. The molecule has 0 fully saturated rings. The van der Waals surface area contributed by atoms with Crippen LogP contribution in [0.4, 0.5) is 10.1 Å². The van der Waals surface area contributed by atoms with Gasteiger partial charge in [0.2, 0.25) is 0 Å². The van der Waals surface area contributed by atoms with Gasteiger partial charge in [-0.05, 0) is 36.2 Å². The molecule has 8 heteroatoms. The predicted molar refractivity (Wildman–Crippen MR) is 79.1 cm³/mol. The van der Waals surface area contributed by atoms with Gasteiger partial charge in [-0.15, -0.1) is 0 Å². The van der Waals surface area contributed by atoms with Gasteiger partial charge in [-0.25, -0.2) is 12.8 Å². The Morgan fingerprint density at radius 1 is 1.33 bits per heavy atom. The Morgan fingerprint density at radius 3 is 2.67 bits per heavy atom. The number of hydrogen-bond donors (Lipinski definition) is 2. The van der Waals surface area contributed by atoms with Crippen LogP contribution in [0, 0.1) is 12.7 Å². The van der Waals surface area contributed by atoms with Gasteiger partial charge in [0, 0.05) is 12.7 Å². The highest BCUT2D eigenvalue weighted by Gasteiger charge is 2.19. The number of aromatic nitrogens is 1. The Labute approximate surface area is 127 Å². The summed E-state index contributed by atoms with van der Waals surface area (Å²) in [6.45, 7) is 1.71. The lowest BCUT2D eigenvalue weighted by Gasteiger charge is -2.11. The highest BCUT2D eigenvalue weighted by Crippen LogP contribution is 2.25. The molecule has 3 N–H and O–H groups in total. The van der Waals surface area contributed by atoms with Crippen molar-refractivity contribution in [2.75, 3.05) is 4.72 Å². The van der Waals surface area contributed by atoms with Gasteiger partial charge in [-0.1, -0.05) is 11.6 Å². The van der Waals surface area contributed by atoms with Gasteiger partial charge in [0.25, 0.3) is 10.0 Å². The number of nitrogens with zero attached hydrogens (tertiary/aromatic N) is 1. The first-order chi connectivity index (χ1) is 9.83. The molecule has 0 saturated carbocycles. The zero-order valence-electron chi connectivity index (χ0n) is 11.1. The number of benzene rings is 1. The molecular formula is C13H13ClFN3O2S. The normalized spacial score (nSPS) is 11.4. The minimum atomic E-state index is -3.95. The predicted octanol–water partition coefficient (Wildman–Crippen LogP) is 2.44. The van der Waals surface area contributed by atoms with Gasteiger partial charge in [0.05, 0.1) is 21.8 Å². The van der Waals surface area contributed by atoms with Crippen LogP contribution in [0.1, 0.15) is 11.1 Å². The van der Waals surface area contributed by atoms with E-state index in [2.05, 4.69) is 9.71 Å². The van der Waals surface area contributed by atoms with E-state index in [0.29, 0.717) is 5.69 Å². The minimum absolute atomic E-state index is 0.0644. The van der Waals surface area contributed by atoms with E-state index in [1.54, 1.807) is 19.2 Å². The fourth-order valence-electron chi connectivity index (χ4n) is 1.75. The summed E-state index contributed by atoms with van der Waals surface area (Å²) in [4.78, 5) is 3.64. The summed E-state index contributed by atoms with van der Waals surface area (Å²) in [6.07, 6.45) is 2.95. The van der Waals surface area contributed by atoms with Crippen LogP contribution in [0.25, 0.3) is 0 Å². The van der Waals surface area contributed by atoms with E-state index in [1.807, 2.05) is 0 Å². The van der Waals surface area contributed by atoms with Crippen LogP contribution in [0.3, 0.4) is 0 Å². The molecule has 2 rings (SSSR count).